The van der Waals surface area contributed by atoms with Gasteiger partial charge in [-0.2, -0.15) is 0 Å². The van der Waals surface area contributed by atoms with E-state index in [4.69, 9.17) is 5.41 Å². The molecule has 0 heterocycles. The molecule has 2 N–H and O–H groups in total. The summed E-state index contributed by atoms with van der Waals surface area (Å²) in [4.78, 5) is 0. The fraction of sp³-hybridized carbons (Fsp3) is 0.357. The van der Waals surface area contributed by atoms with E-state index in [2.05, 4.69) is 44.3 Å². The third-order valence-corrected chi connectivity index (χ3v) is 2.68. The van der Waals surface area contributed by atoms with Gasteiger partial charge in [-0.15, -0.1) is 0 Å². The maximum atomic E-state index is 7.38. The van der Waals surface area contributed by atoms with E-state index in [-0.39, 0.29) is 0 Å². The molecule has 0 aliphatic carbocycles. The van der Waals surface area contributed by atoms with Crippen molar-refractivity contribution in [3.05, 3.63) is 41.1 Å². The molecule has 0 aliphatic heterocycles. The van der Waals surface area contributed by atoms with E-state index < -0.39 is 0 Å². The molecule has 2 heteroatoms. The molecule has 16 heavy (non-hydrogen) atoms. The molecule has 2 nitrogen and oxygen atoms in total. The minimum atomic E-state index is 0.547. The molecule has 0 bridgehead atoms. The molecule has 1 rings (SSSR count). The predicted octanol–water partition coefficient (Wildman–Crippen LogP) is 3.33. The van der Waals surface area contributed by atoms with Gasteiger partial charge in [0.25, 0.3) is 0 Å². The highest BCUT2D eigenvalue weighted by molar-refractivity contribution is 6.08. The zero-order valence-corrected chi connectivity index (χ0v) is 10.5. The van der Waals surface area contributed by atoms with Gasteiger partial charge in [-0.3, -0.25) is 0 Å². The van der Waals surface area contributed by atoms with Gasteiger partial charge in [0, 0.05) is 25.0 Å². The monoisotopic (exact) mass is 216 g/mol. The molecule has 0 amide bonds. The van der Waals surface area contributed by atoms with Crippen LogP contribution in [-0.4, -0.2) is 13.3 Å². The van der Waals surface area contributed by atoms with E-state index in [1.54, 1.807) is 0 Å². The first-order valence-electron chi connectivity index (χ1n) is 5.59. The van der Waals surface area contributed by atoms with Crippen LogP contribution in [0.4, 0.5) is 0 Å². The van der Waals surface area contributed by atoms with Crippen LogP contribution in [0.5, 0.6) is 0 Å². The summed E-state index contributed by atoms with van der Waals surface area (Å²) in [6.45, 7) is 6.52. The van der Waals surface area contributed by atoms with Crippen molar-refractivity contribution in [3.8, 4) is 0 Å². The summed E-state index contributed by atoms with van der Waals surface area (Å²) < 4.78 is 0. The van der Waals surface area contributed by atoms with Crippen molar-refractivity contribution < 1.29 is 0 Å². The van der Waals surface area contributed by atoms with Crippen LogP contribution in [0.3, 0.4) is 0 Å². The molecule has 0 radical (unpaired) electrons. The van der Waals surface area contributed by atoms with E-state index >= 15 is 0 Å². The van der Waals surface area contributed by atoms with Crippen LogP contribution in [0.1, 0.15) is 36.5 Å². The van der Waals surface area contributed by atoms with Crippen molar-refractivity contribution in [1.29, 1.82) is 5.41 Å². The van der Waals surface area contributed by atoms with Gasteiger partial charge in [-0.1, -0.05) is 32.0 Å². The third kappa shape index (κ3) is 2.72. The molecular weight excluding hydrogens is 196 g/mol. The lowest BCUT2D eigenvalue weighted by Crippen LogP contribution is -1.99. The highest BCUT2D eigenvalue weighted by Crippen LogP contribution is 2.22. The molecule has 0 saturated carbocycles. The molecule has 0 aliphatic rings. The van der Waals surface area contributed by atoms with Gasteiger partial charge < -0.3 is 10.7 Å². The van der Waals surface area contributed by atoms with E-state index in [9.17, 15) is 0 Å². The van der Waals surface area contributed by atoms with Gasteiger partial charge >= 0.3 is 0 Å². The van der Waals surface area contributed by atoms with E-state index in [1.165, 1.54) is 17.3 Å². The average Bonchev–Trinajstić information content (AvgIpc) is 2.25. The molecule has 86 valence electrons. The summed E-state index contributed by atoms with van der Waals surface area (Å²) in [6, 6.07) is 6.38. The van der Waals surface area contributed by atoms with Gasteiger partial charge in [-0.05, 0) is 29.5 Å². The highest BCUT2D eigenvalue weighted by Gasteiger charge is 2.05. The Morgan fingerprint density at radius 3 is 2.50 bits per heavy atom. The lowest BCUT2D eigenvalue weighted by atomic mass is 9.94. The normalized spacial score (nSPS) is 11.7. The topological polar surface area (TPSA) is 35.9 Å². The van der Waals surface area contributed by atoms with Crippen LogP contribution >= 0.6 is 0 Å². The van der Waals surface area contributed by atoms with Crippen LogP contribution in [0.2, 0.25) is 0 Å². The Morgan fingerprint density at radius 2 is 2.06 bits per heavy atom. The maximum absolute atomic E-state index is 7.38. The van der Waals surface area contributed by atoms with Gasteiger partial charge in [0.1, 0.15) is 0 Å². The molecule has 0 saturated heterocycles. The number of allylic oxidation sites excluding steroid dienone is 1. The smallest absolute Gasteiger partial charge is 0.0270 e. The predicted molar refractivity (Wildman–Crippen MR) is 71.1 cm³/mol. The van der Waals surface area contributed by atoms with Crippen LogP contribution in [-0.2, 0) is 0 Å². The quantitative estimate of drug-likeness (QED) is 0.744. The first-order valence-corrected chi connectivity index (χ1v) is 5.59. The lowest BCUT2D eigenvalue weighted by Gasteiger charge is -2.11. The molecule has 0 unspecified atom stereocenters. The van der Waals surface area contributed by atoms with Crippen LogP contribution in [0.25, 0.3) is 5.57 Å². The Kier molecular flexibility index (Phi) is 4.29. The van der Waals surface area contributed by atoms with Crippen molar-refractivity contribution >= 4 is 11.8 Å². The molecule has 0 spiro atoms. The van der Waals surface area contributed by atoms with Gasteiger partial charge in [0.2, 0.25) is 0 Å². The van der Waals surface area contributed by atoms with E-state index in [0.717, 1.165) is 11.1 Å². The molecule has 0 fully saturated rings. The number of hydrogen-bond acceptors (Lipinski definition) is 2. The minimum Gasteiger partial charge on any atom is -0.393 e. The highest BCUT2D eigenvalue weighted by atomic mass is 14.8. The van der Waals surface area contributed by atoms with E-state index in [1.807, 2.05) is 13.2 Å². The minimum absolute atomic E-state index is 0.547. The van der Waals surface area contributed by atoms with Crippen molar-refractivity contribution in [1.82, 2.24) is 5.32 Å². The van der Waals surface area contributed by atoms with Crippen molar-refractivity contribution in [2.75, 3.05) is 7.05 Å². The molecule has 1 aromatic carbocycles. The second-order valence-corrected chi connectivity index (χ2v) is 4.26. The zero-order valence-electron chi connectivity index (χ0n) is 10.5. The van der Waals surface area contributed by atoms with Crippen LogP contribution < -0.4 is 5.32 Å². The molecular formula is C14H20N2. The summed E-state index contributed by atoms with van der Waals surface area (Å²) in [5, 5.41) is 10.3. The Hall–Kier alpha value is -1.57. The second-order valence-electron chi connectivity index (χ2n) is 4.26. The van der Waals surface area contributed by atoms with Crippen LogP contribution in [0.15, 0.2) is 24.4 Å². The lowest BCUT2D eigenvalue weighted by molar-refractivity contribution is 0.856. The fourth-order valence-corrected chi connectivity index (χ4v) is 1.87. The van der Waals surface area contributed by atoms with Crippen molar-refractivity contribution in [3.63, 3.8) is 0 Å². The fourth-order valence-electron chi connectivity index (χ4n) is 1.87. The number of rotatable bonds is 4. The number of benzene rings is 1. The average molecular weight is 216 g/mol. The summed E-state index contributed by atoms with van der Waals surface area (Å²) in [6.07, 6.45) is 3.22. The SMILES string of the molecule is CN/C=C(\C=N)c1ccc(C(C)C)c(C)c1. The third-order valence-electron chi connectivity index (χ3n) is 2.68. The Labute approximate surface area is 97.9 Å². The number of hydrogen-bond donors (Lipinski definition) is 2. The first kappa shape index (κ1) is 12.5. The van der Waals surface area contributed by atoms with Gasteiger partial charge in [0.15, 0.2) is 0 Å². The summed E-state index contributed by atoms with van der Waals surface area (Å²) in [7, 11) is 1.85. The zero-order chi connectivity index (χ0) is 12.1. The van der Waals surface area contributed by atoms with Crippen LogP contribution in [0, 0.1) is 12.3 Å². The summed E-state index contributed by atoms with van der Waals surface area (Å²) in [5.41, 5.74) is 4.65. The number of aryl methyl sites for hydroxylation is 1. The first-order chi connectivity index (χ1) is 7.60. The molecule has 0 atom stereocenters. The van der Waals surface area contributed by atoms with Crippen molar-refractivity contribution in [2.24, 2.45) is 0 Å². The standard InChI is InChI=1S/C14H20N2/c1-10(2)14-6-5-12(7-11(14)3)13(8-15)9-16-4/h5-10,15-16H,1-4H3/b13-9+,15-8?. The summed E-state index contributed by atoms with van der Waals surface area (Å²) in [5.74, 6) is 0.547. The Bertz CT molecular complexity index is 403. The largest absolute Gasteiger partial charge is 0.393 e. The Morgan fingerprint density at radius 1 is 1.38 bits per heavy atom. The van der Waals surface area contributed by atoms with E-state index in [0.29, 0.717) is 5.92 Å². The van der Waals surface area contributed by atoms with Gasteiger partial charge in [0.05, 0.1) is 0 Å². The van der Waals surface area contributed by atoms with Gasteiger partial charge in [-0.25, -0.2) is 0 Å². The maximum Gasteiger partial charge on any atom is 0.0270 e. The summed E-state index contributed by atoms with van der Waals surface area (Å²) >= 11 is 0. The molecule has 1 aromatic rings. The Balaban J connectivity index is 3.14. The van der Waals surface area contributed by atoms with Crippen molar-refractivity contribution in [2.45, 2.75) is 26.7 Å². The molecule has 0 aromatic heterocycles. The second kappa shape index (κ2) is 5.50. The number of nitrogens with one attached hydrogen (secondary N) is 2.